The number of carbonyl (C=O) groups excluding carboxylic acids is 2. The molecule has 0 spiro atoms. The summed E-state index contributed by atoms with van der Waals surface area (Å²) in [5.74, 6) is -0.372. The molecule has 1 atom stereocenters. The summed E-state index contributed by atoms with van der Waals surface area (Å²) in [5.41, 5.74) is 3.66. The summed E-state index contributed by atoms with van der Waals surface area (Å²) in [6.45, 7) is 2.04. The molecule has 1 aliphatic carbocycles. The lowest BCUT2D eigenvalue weighted by Crippen LogP contribution is -2.15. The molecule has 0 fully saturated rings. The lowest BCUT2D eigenvalue weighted by Gasteiger charge is -1.99. The van der Waals surface area contributed by atoms with Crippen LogP contribution in [0.3, 0.4) is 0 Å². The van der Waals surface area contributed by atoms with Gasteiger partial charge in [-0.25, -0.2) is 0 Å². The van der Waals surface area contributed by atoms with Crippen molar-refractivity contribution < 1.29 is 9.59 Å². The van der Waals surface area contributed by atoms with E-state index in [0.29, 0.717) is 6.29 Å². The van der Waals surface area contributed by atoms with Crippen LogP contribution in [0.2, 0.25) is 0 Å². The zero-order valence-electron chi connectivity index (χ0n) is 8.12. The van der Waals surface area contributed by atoms with Gasteiger partial charge in [0.05, 0.1) is 0 Å². The zero-order valence-corrected chi connectivity index (χ0v) is 8.12. The van der Waals surface area contributed by atoms with Crippen molar-refractivity contribution in [2.45, 2.75) is 19.8 Å². The molecule has 0 N–H and O–H groups in total. The molecule has 1 aromatic carbocycles. The second kappa shape index (κ2) is 3.37. The lowest BCUT2D eigenvalue weighted by atomic mass is 10.0. The van der Waals surface area contributed by atoms with Crippen molar-refractivity contribution in [2.24, 2.45) is 5.92 Å². The van der Waals surface area contributed by atoms with Crippen molar-refractivity contribution in [3.63, 3.8) is 0 Å². The van der Waals surface area contributed by atoms with Gasteiger partial charge in [0.15, 0.2) is 12.1 Å². The summed E-state index contributed by atoms with van der Waals surface area (Å²) in [6.07, 6.45) is 1.91. The number of fused-ring (bicyclic) bond motifs is 1. The minimum atomic E-state index is -0.265. The normalized spacial score (nSPS) is 19.1. The Balaban J connectivity index is 2.26. The van der Waals surface area contributed by atoms with Crippen LogP contribution in [0.1, 0.15) is 16.7 Å². The van der Waals surface area contributed by atoms with E-state index in [1.807, 2.05) is 13.0 Å². The third-order valence-corrected chi connectivity index (χ3v) is 2.81. The van der Waals surface area contributed by atoms with E-state index in [4.69, 9.17) is 0 Å². The number of hydrogen-bond donors (Lipinski definition) is 0. The van der Waals surface area contributed by atoms with Crippen molar-refractivity contribution >= 4 is 12.1 Å². The van der Waals surface area contributed by atoms with Gasteiger partial charge in [0.1, 0.15) is 0 Å². The highest BCUT2D eigenvalue weighted by molar-refractivity contribution is 6.26. The largest absolute Gasteiger partial charge is 0.295 e. The SMILES string of the molecule is Cc1ccc2c(c1)CC(C(=O)C=O)C2. The molecule has 0 aromatic heterocycles. The van der Waals surface area contributed by atoms with Crippen LogP contribution in [0.15, 0.2) is 18.2 Å². The fourth-order valence-electron chi connectivity index (χ4n) is 2.04. The van der Waals surface area contributed by atoms with Crippen LogP contribution in [-0.2, 0) is 22.4 Å². The molecule has 0 saturated carbocycles. The summed E-state index contributed by atoms with van der Waals surface area (Å²) in [5, 5.41) is 0. The topological polar surface area (TPSA) is 34.1 Å². The van der Waals surface area contributed by atoms with E-state index in [0.717, 1.165) is 12.8 Å². The summed E-state index contributed by atoms with van der Waals surface area (Å²) >= 11 is 0. The first-order chi connectivity index (χ1) is 6.70. The molecule has 1 aromatic rings. The van der Waals surface area contributed by atoms with Gasteiger partial charge in [0.2, 0.25) is 0 Å². The van der Waals surface area contributed by atoms with E-state index in [9.17, 15) is 9.59 Å². The average Bonchev–Trinajstić information content (AvgIpc) is 2.59. The maximum atomic E-state index is 11.2. The van der Waals surface area contributed by atoms with Crippen molar-refractivity contribution in [3.8, 4) is 0 Å². The molecule has 0 saturated heterocycles. The molecule has 2 nitrogen and oxygen atoms in total. The highest BCUT2D eigenvalue weighted by Gasteiger charge is 2.26. The van der Waals surface area contributed by atoms with E-state index < -0.39 is 0 Å². The highest BCUT2D eigenvalue weighted by Crippen LogP contribution is 2.27. The highest BCUT2D eigenvalue weighted by atomic mass is 16.2. The van der Waals surface area contributed by atoms with Crippen molar-refractivity contribution in [1.29, 1.82) is 0 Å². The Hall–Kier alpha value is -1.44. The number of Topliss-reactive ketones (excluding diaryl/α,β-unsaturated/α-hetero) is 1. The Bertz CT molecular complexity index is 393. The van der Waals surface area contributed by atoms with Crippen molar-refractivity contribution in [2.75, 3.05) is 0 Å². The number of ketones is 1. The molecule has 72 valence electrons. The van der Waals surface area contributed by atoms with E-state index in [2.05, 4.69) is 12.1 Å². The van der Waals surface area contributed by atoms with E-state index >= 15 is 0 Å². The molecule has 14 heavy (non-hydrogen) atoms. The molecule has 1 unspecified atom stereocenters. The van der Waals surface area contributed by atoms with Gasteiger partial charge in [-0.15, -0.1) is 0 Å². The Morgan fingerprint density at radius 1 is 1.36 bits per heavy atom. The molecule has 0 bridgehead atoms. The quantitative estimate of drug-likeness (QED) is 0.520. The number of hydrogen-bond acceptors (Lipinski definition) is 2. The number of aldehydes is 1. The first-order valence-electron chi connectivity index (χ1n) is 4.78. The lowest BCUT2D eigenvalue weighted by molar-refractivity contribution is -0.132. The zero-order chi connectivity index (χ0) is 10.1. The fourth-order valence-corrected chi connectivity index (χ4v) is 2.04. The maximum Gasteiger partial charge on any atom is 0.198 e. The summed E-state index contributed by atoms with van der Waals surface area (Å²) < 4.78 is 0. The van der Waals surface area contributed by atoms with E-state index in [1.54, 1.807) is 0 Å². The second-order valence-electron chi connectivity index (χ2n) is 3.90. The predicted octanol–water partition coefficient (Wildman–Crippen LogP) is 1.48. The number of benzene rings is 1. The second-order valence-corrected chi connectivity index (χ2v) is 3.90. The van der Waals surface area contributed by atoms with Gasteiger partial charge >= 0.3 is 0 Å². The molecular weight excluding hydrogens is 176 g/mol. The van der Waals surface area contributed by atoms with Crippen LogP contribution in [0.4, 0.5) is 0 Å². The summed E-state index contributed by atoms with van der Waals surface area (Å²) in [6, 6.07) is 6.21. The Morgan fingerprint density at radius 2 is 2.07 bits per heavy atom. The van der Waals surface area contributed by atoms with Crippen molar-refractivity contribution in [1.82, 2.24) is 0 Å². The molecule has 0 amide bonds. The number of aryl methyl sites for hydroxylation is 1. The predicted molar refractivity (Wildman–Crippen MR) is 53.1 cm³/mol. The molecule has 1 aliphatic rings. The van der Waals surface area contributed by atoms with Crippen LogP contribution in [0, 0.1) is 12.8 Å². The standard InChI is InChI=1S/C12H12O2/c1-8-2-3-9-5-11(12(14)7-13)6-10(9)4-8/h2-4,7,11H,5-6H2,1H3. The van der Waals surface area contributed by atoms with Crippen LogP contribution in [0.5, 0.6) is 0 Å². The average molecular weight is 188 g/mol. The molecular formula is C12H12O2. The Morgan fingerprint density at radius 3 is 2.79 bits per heavy atom. The van der Waals surface area contributed by atoms with Gasteiger partial charge in [0, 0.05) is 5.92 Å². The van der Waals surface area contributed by atoms with E-state index in [1.165, 1.54) is 16.7 Å². The van der Waals surface area contributed by atoms with Crippen LogP contribution in [0.25, 0.3) is 0 Å². The van der Waals surface area contributed by atoms with Gasteiger partial charge < -0.3 is 0 Å². The van der Waals surface area contributed by atoms with Gasteiger partial charge in [-0.3, -0.25) is 9.59 Å². The molecule has 0 radical (unpaired) electrons. The monoisotopic (exact) mass is 188 g/mol. The minimum Gasteiger partial charge on any atom is -0.295 e. The Kier molecular flexibility index (Phi) is 2.20. The van der Waals surface area contributed by atoms with Gasteiger partial charge in [0.25, 0.3) is 0 Å². The van der Waals surface area contributed by atoms with Gasteiger partial charge in [-0.1, -0.05) is 23.8 Å². The molecule has 2 heteroatoms. The van der Waals surface area contributed by atoms with Gasteiger partial charge in [-0.2, -0.15) is 0 Å². The third-order valence-electron chi connectivity index (χ3n) is 2.81. The smallest absolute Gasteiger partial charge is 0.198 e. The minimum absolute atomic E-state index is 0.107. The fraction of sp³-hybridized carbons (Fsp3) is 0.333. The third kappa shape index (κ3) is 1.48. The Labute approximate surface area is 82.9 Å². The molecule has 0 aliphatic heterocycles. The molecule has 0 heterocycles. The van der Waals surface area contributed by atoms with Crippen LogP contribution < -0.4 is 0 Å². The number of rotatable bonds is 2. The van der Waals surface area contributed by atoms with Crippen LogP contribution >= 0.6 is 0 Å². The van der Waals surface area contributed by atoms with E-state index in [-0.39, 0.29) is 11.7 Å². The maximum absolute atomic E-state index is 11.2. The van der Waals surface area contributed by atoms with Crippen LogP contribution in [-0.4, -0.2) is 12.1 Å². The van der Waals surface area contributed by atoms with Gasteiger partial charge in [-0.05, 0) is 30.9 Å². The summed E-state index contributed by atoms with van der Waals surface area (Å²) in [4.78, 5) is 21.6. The molecule has 2 rings (SSSR count). The number of carbonyl (C=O) groups is 2. The summed E-state index contributed by atoms with van der Waals surface area (Å²) in [7, 11) is 0. The first-order valence-corrected chi connectivity index (χ1v) is 4.78. The first kappa shape index (κ1) is 9.13. The van der Waals surface area contributed by atoms with Crippen molar-refractivity contribution in [3.05, 3.63) is 34.9 Å².